The van der Waals surface area contributed by atoms with Crippen molar-refractivity contribution in [2.75, 3.05) is 20.7 Å². The Balaban J connectivity index is 0.00000529. The van der Waals surface area contributed by atoms with E-state index in [1.54, 1.807) is 7.05 Å². The van der Waals surface area contributed by atoms with Crippen LogP contribution >= 0.6 is 24.0 Å². The number of esters is 1. The molecule has 0 aliphatic rings. The molecule has 0 aromatic heterocycles. The molecule has 5 nitrogen and oxygen atoms in total. The number of carbonyl (C=O) groups is 1. The minimum absolute atomic E-state index is 0. The zero-order valence-electron chi connectivity index (χ0n) is 14.9. The molecule has 0 amide bonds. The lowest BCUT2D eigenvalue weighted by molar-refractivity contribution is -0.140. The molecule has 1 aromatic rings. The van der Waals surface area contributed by atoms with Gasteiger partial charge in [0.1, 0.15) is 0 Å². The van der Waals surface area contributed by atoms with Gasteiger partial charge >= 0.3 is 5.97 Å². The summed E-state index contributed by atoms with van der Waals surface area (Å²) < 4.78 is 4.62. The van der Waals surface area contributed by atoms with Gasteiger partial charge < -0.3 is 15.4 Å². The van der Waals surface area contributed by atoms with Gasteiger partial charge in [-0.25, -0.2) is 0 Å². The lowest BCUT2D eigenvalue weighted by atomic mass is 10.1. The van der Waals surface area contributed by atoms with Crippen molar-refractivity contribution in [3.05, 3.63) is 35.4 Å². The van der Waals surface area contributed by atoms with Gasteiger partial charge in [-0.2, -0.15) is 0 Å². The number of carbonyl (C=O) groups excluding carboxylic acids is 1. The number of methoxy groups -OCH3 is 1. The Morgan fingerprint density at radius 3 is 2.46 bits per heavy atom. The number of ether oxygens (including phenoxy) is 1. The number of aryl methyl sites for hydroxylation is 1. The van der Waals surface area contributed by atoms with E-state index in [0.717, 1.165) is 44.7 Å². The van der Waals surface area contributed by atoms with Gasteiger partial charge in [-0.15, -0.1) is 24.0 Å². The van der Waals surface area contributed by atoms with Crippen LogP contribution in [0.4, 0.5) is 0 Å². The molecule has 24 heavy (non-hydrogen) atoms. The largest absolute Gasteiger partial charge is 0.469 e. The van der Waals surface area contributed by atoms with E-state index in [4.69, 9.17) is 0 Å². The number of rotatable bonds is 9. The van der Waals surface area contributed by atoms with Crippen LogP contribution in [-0.2, 0) is 22.5 Å². The molecule has 0 radical (unpaired) electrons. The molecule has 2 N–H and O–H groups in total. The highest BCUT2D eigenvalue weighted by Gasteiger charge is 2.02. The van der Waals surface area contributed by atoms with Gasteiger partial charge in [0.25, 0.3) is 0 Å². The fraction of sp³-hybridized carbons (Fsp3) is 0.556. The third-order valence-electron chi connectivity index (χ3n) is 3.75. The molecule has 0 fully saturated rings. The SMILES string of the molecule is CCc1ccccc1CNC(=NC)NCCCCCC(=O)OC.I. The molecule has 0 heterocycles. The van der Waals surface area contributed by atoms with Crippen molar-refractivity contribution < 1.29 is 9.53 Å². The van der Waals surface area contributed by atoms with Crippen LogP contribution in [0.15, 0.2) is 29.3 Å². The molecule has 0 unspecified atom stereocenters. The number of nitrogens with zero attached hydrogens (tertiary/aromatic N) is 1. The monoisotopic (exact) mass is 447 g/mol. The Morgan fingerprint density at radius 1 is 1.12 bits per heavy atom. The third kappa shape index (κ3) is 9.10. The maximum Gasteiger partial charge on any atom is 0.305 e. The average molecular weight is 447 g/mol. The number of guanidine groups is 1. The van der Waals surface area contributed by atoms with Gasteiger partial charge in [0.05, 0.1) is 7.11 Å². The molecule has 1 rings (SSSR count). The molecular weight excluding hydrogens is 417 g/mol. The standard InChI is InChI=1S/C18H29N3O2.HI/c1-4-15-10-7-8-11-16(15)14-21-18(19-2)20-13-9-5-6-12-17(22)23-3;/h7-8,10-11H,4-6,9,12-14H2,1-3H3,(H2,19,20,21);1H. The first-order chi connectivity index (χ1) is 11.2. The van der Waals surface area contributed by atoms with Crippen LogP contribution in [0, 0.1) is 0 Å². The number of nitrogens with one attached hydrogen (secondary N) is 2. The molecule has 0 spiro atoms. The van der Waals surface area contributed by atoms with E-state index in [0.29, 0.717) is 6.42 Å². The molecule has 136 valence electrons. The van der Waals surface area contributed by atoms with Crippen molar-refractivity contribution >= 4 is 35.9 Å². The minimum Gasteiger partial charge on any atom is -0.469 e. The number of aliphatic imine (C=N–C) groups is 1. The van der Waals surface area contributed by atoms with Gasteiger partial charge in [0.15, 0.2) is 5.96 Å². The topological polar surface area (TPSA) is 62.7 Å². The summed E-state index contributed by atoms with van der Waals surface area (Å²) in [6, 6.07) is 8.44. The summed E-state index contributed by atoms with van der Waals surface area (Å²) in [7, 11) is 3.20. The Hall–Kier alpha value is -1.31. The second-order valence-electron chi connectivity index (χ2n) is 5.36. The van der Waals surface area contributed by atoms with Crippen LogP contribution in [0.1, 0.15) is 43.7 Å². The lowest BCUT2D eigenvalue weighted by Gasteiger charge is -2.13. The maximum atomic E-state index is 11.0. The normalized spacial score (nSPS) is 10.7. The van der Waals surface area contributed by atoms with E-state index in [9.17, 15) is 4.79 Å². The van der Waals surface area contributed by atoms with Crippen molar-refractivity contribution in [1.29, 1.82) is 0 Å². The second kappa shape index (κ2) is 14.1. The van der Waals surface area contributed by atoms with Crippen LogP contribution in [0.2, 0.25) is 0 Å². The summed E-state index contributed by atoms with van der Waals surface area (Å²) in [5, 5.41) is 6.65. The Labute approximate surface area is 162 Å². The number of unbranched alkanes of at least 4 members (excludes halogenated alkanes) is 2. The van der Waals surface area contributed by atoms with Gasteiger partial charge in [0, 0.05) is 26.6 Å². The molecule has 6 heteroatoms. The van der Waals surface area contributed by atoms with Crippen molar-refractivity contribution in [2.24, 2.45) is 4.99 Å². The fourth-order valence-corrected chi connectivity index (χ4v) is 2.35. The molecule has 0 bridgehead atoms. The smallest absolute Gasteiger partial charge is 0.305 e. The highest BCUT2D eigenvalue weighted by atomic mass is 127. The van der Waals surface area contributed by atoms with E-state index in [1.807, 2.05) is 0 Å². The number of benzene rings is 1. The Kier molecular flexibility index (Phi) is 13.3. The summed E-state index contributed by atoms with van der Waals surface area (Å²) in [4.78, 5) is 15.2. The predicted molar refractivity (Wildman–Crippen MR) is 110 cm³/mol. The predicted octanol–water partition coefficient (Wildman–Crippen LogP) is 3.27. The van der Waals surface area contributed by atoms with Crippen LogP contribution in [-0.4, -0.2) is 32.6 Å². The van der Waals surface area contributed by atoms with Crippen LogP contribution in [0.5, 0.6) is 0 Å². The van der Waals surface area contributed by atoms with Gasteiger partial charge in [0.2, 0.25) is 0 Å². The van der Waals surface area contributed by atoms with Gasteiger partial charge in [-0.05, 0) is 30.4 Å². The quantitative estimate of drug-likeness (QED) is 0.201. The summed E-state index contributed by atoms with van der Waals surface area (Å²) in [5.41, 5.74) is 2.66. The first-order valence-corrected chi connectivity index (χ1v) is 8.29. The lowest BCUT2D eigenvalue weighted by Crippen LogP contribution is -2.37. The van der Waals surface area contributed by atoms with E-state index >= 15 is 0 Å². The second-order valence-corrected chi connectivity index (χ2v) is 5.36. The van der Waals surface area contributed by atoms with Crippen LogP contribution < -0.4 is 10.6 Å². The summed E-state index contributed by atoms with van der Waals surface area (Å²) in [6.07, 6.45) is 4.40. The first-order valence-electron chi connectivity index (χ1n) is 8.29. The van der Waals surface area contributed by atoms with E-state index in [-0.39, 0.29) is 29.9 Å². The molecule has 0 aliphatic heterocycles. The number of hydrogen-bond acceptors (Lipinski definition) is 3. The van der Waals surface area contributed by atoms with Crippen molar-refractivity contribution in [3.63, 3.8) is 0 Å². The number of halogens is 1. The molecule has 0 atom stereocenters. The van der Waals surface area contributed by atoms with E-state index in [1.165, 1.54) is 18.2 Å². The van der Waals surface area contributed by atoms with Gasteiger partial charge in [-0.3, -0.25) is 9.79 Å². The Bertz CT molecular complexity index is 507. The summed E-state index contributed by atoms with van der Waals surface area (Å²) >= 11 is 0. The fourth-order valence-electron chi connectivity index (χ4n) is 2.35. The first kappa shape index (κ1) is 22.7. The molecular formula is C18H30IN3O2. The average Bonchev–Trinajstić information content (AvgIpc) is 2.60. The zero-order valence-corrected chi connectivity index (χ0v) is 17.3. The molecule has 1 aromatic carbocycles. The molecule has 0 aliphatic carbocycles. The highest BCUT2D eigenvalue weighted by Crippen LogP contribution is 2.08. The highest BCUT2D eigenvalue weighted by molar-refractivity contribution is 14.0. The molecule has 0 saturated carbocycles. The van der Waals surface area contributed by atoms with Crippen LogP contribution in [0.25, 0.3) is 0 Å². The van der Waals surface area contributed by atoms with Crippen molar-refractivity contribution in [3.8, 4) is 0 Å². The maximum absolute atomic E-state index is 11.0. The zero-order chi connectivity index (χ0) is 16.9. The number of hydrogen-bond donors (Lipinski definition) is 2. The van der Waals surface area contributed by atoms with Crippen LogP contribution in [0.3, 0.4) is 0 Å². The van der Waals surface area contributed by atoms with Gasteiger partial charge in [-0.1, -0.05) is 37.6 Å². The summed E-state index contributed by atoms with van der Waals surface area (Å²) in [5.74, 6) is 0.675. The molecule has 0 saturated heterocycles. The van der Waals surface area contributed by atoms with Crippen molar-refractivity contribution in [2.45, 2.75) is 45.6 Å². The minimum atomic E-state index is -0.134. The van der Waals surface area contributed by atoms with E-state index in [2.05, 4.69) is 51.6 Å². The van der Waals surface area contributed by atoms with Crippen molar-refractivity contribution in [1.82, 2.24) is 10.6 Å². The Morgan fingerprint density at radius 2 is 1.83 bits per heavy atom. The summed E-state index contributed by atoms with van der Waals surface area (Å²) in [6.45, 7) is 3.78. The van der Waals surface area contributed by atoms with E-state index < -0.39 is 0 Å². The third-order valence-corrected chi connectivity index (χ3v) is 3.75.